The van der Waals surface area contributed by atoms with Gasteiger partial charge in [-0.1, -0.05) is 0 Å². The smallest absolute Gasteiger partial charge is 0.255 e. The number of amides is 1. The molecule has 4 rings (SSSR count). The second kappa shape index (κ2) is 8.66. The van der Waals surface area contributed by atoms with Gasteiger partial charge < -0.3 is 14.8 Å². The summed E-state index contributed by atoms with van der Waals surface area (Å²) in [6.45, 7) is 3.92. The molecule has 0 bridgehead atoms. The van der Waals surface area contributed by atoms with Crippen molar-refractivity contribution in [3.63, 3.8) is 0 Å². The average Bonchev–Trinajstić information content (AvgIpc) is 3.14. The van der Waals surface area contributed by atoms with Crippen LogP contribution in [0.2, 0.25) is 0 Å². The summed E-state index contributed by atoms with van der Waals surface area (Å²) in [7, 11) is 1.58. The summed E-state index contributed by atoms with van der Waals surface area (Å²) in [4.78, 5) is 16.6. The first kappa shape index (κ1) is 20.1. The summed E-state index contributed by atoms with van der Waals surface area (Å²) in [5.41, 5.74) is 3.15. The summed E-state index contributed by atoms with van der Waals surface area (Å²) in [5, 5.41) is 11.2. The van der Waals surface area contributed by atoms with Crippen LogP contribution >= 0.6 is 0 Å². The number of ether oxygens (including phenoxy) is 2. The summed E-state index contributed by atoms with van der Waals surface area (Å²) in [5.74, 6) is 2.11. The maximum Gasteiger partial charge on any atom is 0.255 e. The van der Waals surface area contributed by atoms with Crippen molar-refractivity contribution in [2.75, 3.05) is 12.4 Å². The van der Waals surface area contributed by atoms with Gasteiger partial charge in [0, 0.05) is 23.0 Å². The molecule has 8 nitrogen and oxygen atoms in total. The van der Waals surface area contributed by atoms with Crippen molar-refractivity contribution in [1.82, 2.24) is 19.7 Å². The van der Waals surface area contributed by atoms with Gasteiger partial charge in [0.1, 0.15) is 17.8 Å². The lowest BCUT2D eigenvalue weighted by molar-refractivity contribution is 0.102. The van der Waals surface area contributed by atoms with E-state index in [2.05, 4.69) is 20.5 Å². The molecule has 0 aliphatic rings. The Morgan fingerprint density at radius 3 is 2.19 bits per heavy atom. The van der Waals surface area contributed by atoms with Crippen molar-refractivity contribution in [2.24, 2.45) is 0 Å². The van der Waals surface area contributed by atoms with Gasteiger partial charge in [-0.2, -0.15) is 0 Å². The minimum Gasteiger partial charge on any atom is -0.497 e. The summed E-state index contributed by atoms with van der Waals surface area (Å²) < 4.78 is 12.7. The molecule has 156 valence electrons. The van der Waals surface area contributed by atoms with Gasteiger partial charge in [0.2, 0.25) is 5.88 Å². The Morgan fingerprint density at radius 1 is 0.903 bits per heavy atom. The minimum absolute atomic E-state index is 0.206. The highest BCUT2D eigenvalue weighted by molar-refractivity contribution is 6.04. The molecule has 2 aromatic carbocycles. The van der Waals surface area contributed by atoms with Crippen LogP contribution in [0.4, 0.5) is 5.69 Å². The lowest BCUT2D eigenvalue weighted by atomic mass is 10.2. The zero-order valence-electron chi connectivity index (χ0n) is 17.4. The number of imidazole rings is 1. The van der Waals surface area contributed by atoms with Crippen LogP contribution in [-0.4, -0.2) is 32.8 Å². The van der Waals surface area contributed by atoms with Crippen molar-refractivity contribution < 1.29 is 14.3 Å². The highest BCUT2D eigenvalue weighted by atomic mass is 16.5. The number of aromatic nitrogens is 4. The zero-order chi connectivity index (χ0) is 21.8. The van der Waals surface area contributed by atoms with Gasteiger partial charge in [0.15, 0.2) is 5.82 Å². The molecule has 0 unspecified atom stereocenters. The van der Waals surface area contributed by atoms with Crippen LogP contribution in [0.5, 0.6) is 17.4 Å². The van der Waals surface area contributed by atoms with E-state index in [4.69, 9.17) is 9.47 Å². The van der Waals surface area contributed by atoms with E-state index < -0.39 is 0 Å². The second-order valence-corrected chi connectivity index (χ2v) is 6.82. The van der Waals surface area contributed by atoms with Crippen LogP contribution < -0.4 is 14.8 Å². The largest absolute Gasteiger partial charge is 0.497 e. The Hall–Kier alpha value is -4.20. The van der Waals surface area contributed by atoms with Gasteiger partial charge in [-0.15, -0.1) is 10.2 Å². The molecule has 2 heterocycles. The molecule has 2 aromatic heterocycles. The maximum atomic E-state index is 12.4. The van der Waals surface area contributed by atoms with E-state index in [1.807, 2.05) is 24.5 Å². The molecule has 4 aromatic rings. The topological polar surface area (TPSA) is 91.2 Å². The Bertz CT molecular complexity index is 1180. The standard InChI is InChI=1S/C23H21N5O3/c1-15-16(2)28(14-24-15)21-12-13-22(27-26-21)31-20-10-6-18(7-11-20)25-23(29)17-4-8-19(30-3)9-5-17/h4-14H,1-3H3,(H,25,29). The van der Waals surface area contributed by atoms with E-state index in [1.165, 1.54) is 0 Å². The fraction of sp³-hybridized carbons (Fsp3) is 0.130. The molecular formula is C23H21N5O3. The van der Waals surface area contributed by atoms with E-state index in [0.717, 1.165) is 11.4 Å². The molecule has 0 radical (unpaired) electrons. The molecular weight excluding hydrogens is 394 g/mol. The van der Waals surface area contributed by atoms with Gasteiger partial charge in [-0.25, -0.2) is 4.98 Å². The average molecular weight is 415 g/mol. The Morgan fingerprint density at radius 2 is 1.61 bits per heavy atom. The number of aryl methyl sites for hydroxylation is 1. The van der Waals surface area contributed by atoms with E-state index >= 15 is 0 Å². The highest BCUT2D eigenvalue weighted by Crippen LogP contribution is 2.22. The van der Waals surface area contributed by atoms with E-state index in [-0.39, 0.29) is 5.91 Å². The molecule has 0 aliphatic carbocycles. The molecule has 0 spiro atoms. The number of carbonyl (C=O) groups is 1. The molecule has 0 atom stereocenters. The maximum absolute atomic E-state index is 12.4. The minimum atomic E-state index is -0.206. The van der Waals surface area contributed by atoms with Crippen LogP contribution in [0.1, 0.15) is 21.7 Å². The highest BCUT2D eigenvalue weighted by Gasteiger charge is 2.09. The number of anilines is 1. The molecule has 0 fully saturated rings. The van der Waals surface area contributed by atoms with Crippen molar-refractivity contribution in [3.8, 4) is 23.2 Å². The first-order valence-corrected chi connectivity index (χ1v) is 9.61. The number of nitrogens with zero attached hydrogens (tertiary/aromatic N) is 4. The number of carbonyl (C=O) groups excluding carboxylic acids is 1. The lowest BCUT2D eigenvalue weighted by Crippen LogP contribution is -2.11. The second-order valence-electron chi connectivity index (χ2n) is 6.82. The molecule has 0 aliphatic heterocycles. The van der Waals surface area contributed by atoms with E-state index in [0.29, 0.717) is 34.4 Å². The van der Waals surface area contributed by atoms with Gasteiger partial charge >= 0.3 is 0 Å². The number of benzene rings is 2. The monoisotopic (exact) mass is 415 g/mol. The summed E-state index contributed by atoms with van der Waals surface area (Å²) in [6, 6.07) is 17.5. The number of hydrogen-bond acceptors (Lipinski definition) is 6. The normalized spacial score (nSPS) is 10.5. The Balaban J connectivity index is 1.39. The van der Waals surface area contributed by atoms with Crippen LogP contribution in [0.25, 0.3) is 5.82 Å². The van der Waals surface area contributed by atoms with Crippen molar-refractivity contribution in [2.45, 2.75) is 13.8 Å². The van der Waals surface area contributed by atoms with Gasteiger partial charge in [-0.05, 0) is 68.4 Å². The third-order valence-corrected chi connectivity index (χ3v) is 4.81. The molecule has 0 saturated heterocycles. The number of hydrogen-bond donors (Lipinski definition) is 1. The molecule has 1 N–H and O–H groups in total. The van der Waals surface area contributed by atoms with Crippen molar-refractivity contribution >= 4 is 11.6 Å². The number of rotatable bonds is 6. The number of nitrogens with one attached hydrogen (secondary N) is 1. The first-order chi connectivity index (χ1) is 15.0. The van der Waals surface area contributed by atoms with Crippen molar-refractivity contribution in [3.05, 3.63) is 83.9 Å². The van der Waals surface area contributed by atoms with E-state index in [9.17, 15) is 4.79 Å². The van der Waals surface area contributed by atoms with Gasteiger partial charge in [-0.3, -0.25) is 9.36 Å². The lowest BCUT2D eigenvalue weighted by Gasteiger charge is -2.09. The van der Waals surface area contributed by atoms with Crippen LogP contribution in [0.3, 0.4) is 0 Å². The fourth-order valence-corrected chi connectivity index (χ4v) is 2.90. The Kier molecular flexibility index (Phi) is 5.61. The quantitative estimate of drug-likeness (QED) is 0.504. The third-order valence-electron chi connectivity index (χ3n) is 4.81. The molecule has 31 heavy (non-hydrogen) atoms. The van der Waals surface area contributed by atoms with Gasteiger partial charge in [0.25, 0.3) is 5.91 Å². The summed E-state index contributed by atoms with van der Waals surface area (Å²) in [6.07, 6.45) is 1.72. The predicted molar refractivity (Wildman–Crippen MR) is 116 cm³/mol. The Labute approximate surface area is 179 Å². The molecule has 0 saturated carbocycles. The van der Waals surface area contributed by atoms with Crippen LogP contribution in [-0.2, 0) is 0 Å². The molecule has 1 amide bonds. The fourth-order valence-electron chi connectivity index (χ4n) is 2.90. The third kappa shape index (κ3) is 4.53. The molecule has 8 heteroatoms. The first-order valence-electron chi connectivity index (χ1n) is 9.61. The summed E-state index contributed by atoms with van der Waals surface area (Å²) >= 11 is 0. The van der Waals surface area contributed by atoms with Crippen LogP contribution in [0.15, 0.2) is 67.0 Å². The van der Waals surface area contributed by atoms with Gasteiger partial charge in [0.05, 0.1) is 12.8 Å². The zero-order valence-corrected chi connectivity index (χ0v) is 17.4. The van der Waals surface area contributed by atoms with E-state index in [1.54, 1.807) is 68.0 Å². The van der Waals surface area contributed by atoms with Crippen molar-refractivity contribution in [1.29, 1.82) is 0 Å². The number of methoxy groups -OCH3 is 1. The predicted octanol–water partition coefficient (Wildman–Crippen LogP) is 4.33. The van der Waals surface area contributed by atoms with Crippen LogP contribution in [0, 0.1) is 13.8 Å². The SMILES string of the molecule is COc1ccc(C(=O)Nc2ccc(Oc3ccc(-n4cnc(C)c4C)nn3)cc2)cc1.